The Bertz CT molecular complexity index is 1330. The second-order valence-corrected chi connectivity index (χ2v) is 8.93. The second-order valence-electron chi connectivity index (χ2n) is 8.93. The molecular weight excluding hydrogens is 449 g/mol. The number of fused-ring (bicyclic) bond motifs is 5. The molecule has 1 spiro atoms. The fourth-order valence-electron chi connectivity index (χ4n) is 5.58. The van der Waals surface area contributed by atoms with E-state index in [2.05, 4.69) is 25.9 Å². The first-order chi connectivity index (χ1) is 16.3. The average Bonchev–Trinajstić information content (AvgIpc) is 3.42. The van der Waals surface area contributed by atoms with E-state index in [1.807, 2.05) is 6.92 Å². The highest BCUT2D eigenvalue weighted by Gasteiger charge is 2.63. The Morgan fingerprint density at radius 2 is 2.00 bits per heavy atom. The van der Waals surface area contributed by atoms with Gasteiger partial charge in [-0.05, 0) is 25.5 Å². The minimum atomic E-state index is -1.69. The Morgan fingerprint density at radius 3 is 2.71 bits per heavy atom. The maximum atomic E-state index is 16.0. The molecule has 176 valence electrons. The Morgan fingerprint density at radius 1 is 1.24 bits per heavy atom. The first-order valence-electron chi connectivity index (χ1n) is 10.8. The van der Waals surface area contributed by atoms with Crippen LogP contribution in [0.3, 0.4) is 0 Å². The van der Waals surface area contributed by atoms with E-state index in [9.17, 15) is 14.4 Å². The van der Waals surface area contributed by atoms with Crippen molar-refractivity contribution in [2.75, 3.05) is 11.4 Å². The summed E-state index contributed by atoms with van der Waals surface area (Å²) in [6.45, 7) is 4.00. The van der Waals surface area contributed by atoms with Gasteiger partial charge in [0.25, 0.3) is 0 Å². The lowest BCUT2D eigenvalue weighted by Gasteiger charge is -2.55. The zero-order chi connectivity index (χ0) is 23.8. The average molecular weight is 469 g/mol. The van der Waals surface area contributed by atoms with Crippen molar-refractivity contribution in [1.29, 1.82) is 0 Å². The first-order valence-corrected chi connectivity index (χ1v) is 10.8. The highest BCUT2D eigenvalue weighted by atomic mass is 19.1. The molecule has 13 heteroatoms. The molecule has 1 aromatic carbocycles. The number of nitrogens with zero attached hydrogens (tertiary/aromatic N) is 5. The van der Waals surface area contributed by atoms with Gasteiger partial charge in [-0.15, -0.1) is 0 Å². The lowest BCUT2D eigenvalue weighted by molar-refractivity contribution is -0.153. The van der Waals surface area contributed by atoms with E-state index in [-0.39, 0.29) is 36.9 Å². The minimum Gasteiger partial charge on any atom is -0.372 e. The number of benzene rings is 1. The molecule has 2 N–H and O–H groups in total. The van der Waals surface area contributed by atoms with E-state index >= 15 is 4.39 Å². The molecule has 6 rings (SSSR count). The smallest absolute Gasteiger partial charge is 0.328 e. The molecule has 0 radical (unpaired) electrons. The van der Waals surface area contributed by atoms with Crippen molar-refractivity contribution in [2.24, 2.45) is 5.41 Å². The molecule has 5 heterocycles. The molecule has 2 aromatic heterocycles. The van der Waals surface area contributed by atoms with E-state index in [4.69, 9.17) is 9.26 Å². The van der Waals surface area contributed by atoms with Crippen molar-refractivity contribution in [3.8, 4) is 0 Å². The van der Waals surface area contributed by atoms with Gasteiger partial charge in [0.2, 0.25) is 17.4 Å². The third kappa shape index (κ3) is 2.73. The van der Waals surface area contributed by atoms with Gasteiger partial charge in [0.05, 0.1) is 35.9 Å². The number of carbonyl (C=O) groups excluding carboxylic acids is 3. The Hall–Kier alpha value is -3.87. The van der Waals surface area contributed by atoms with E-state index in [0.717, 1.165) is 0 Å². The quantitative estimate of drug-likeness (QED) is 0.513. The van der Waals surface area contributed by atoms with Crippen molar-refractivity contribution >= 4 is 34.5 Å². The van der Waals surface area contributed by atoms with Gasteiger partial charge < -0.3 is 14.2 Å². The molecular formula is C21H20FN7O5. The first kappa shape index (κ1) is 20.7. The van der Waals surface area contributed by atoms with Crippen LogP contribution in [-0.2, 0) is 27.3 Å². The van der Waals surface area contributed by atoms with Crippen LogP contribution in [0.1, 0.15) is 25.1 Å². The number of anilines is 1. The molecule has 0 aliphatic carbocycles. The summed E-state index contributed by atoms with van der Waals surface area (Å²) in [5, 5.41) is 12.9. The summed E-state index contributed by atoms with van der Waals surface area (Å²) >= 11 is 0. The largest absolute Gasteiger partial charge is 0.372 e. The topological polar surface area (TPSA) is 144 Å². The molecule has 12 nitrogen and oxygen atoms in total. The Labute approximate surface area is 191 Å². The van der Waals surface area contributed by atoms with Gasteiger partial charge in [-0.25, -0.2) is 18.9 Å². The number of hydrogen-bond donors (Lipinski definition) is 2. The van der Waals surface area contributed by atoms with Crippen molar-refractivity contribution in [3.05, 3.63) is 35.8 Å². The van der Waals surface area contributed by atoms with Crippen molar-refractivity contribution < 1.29 is 28.0 Å². The van der Waals surface area contributed by atoms with Crippen molar-refractivity contribution in [1.82, 2.24) is 30.6 Å². The van der Waals surface area contributed by atoms with E-state index < -0.39 is 41.2 Å². The summed E-state index contributed by atoms with van der Waals surface area (Å²) in [5.74, 6) is -2.10. The number of morpholine rings is 1. The van der Waals surface area contributed by atoms with Crippen LogP contribution in [0.15, 0.2) is 23.2 Å². The van der Waals surface area contributed by atoms with Crippen LogP contribution < -0.4 is 15.5 Å². The van der Waals surface area contributed by atoms with Gasteiger partial charge >= 0.3 is 6.03 Å². The number of urea groups is 1. The number of rotatable bonds is 2. The normalized spacial score (nSPS) is 25.8. The standard InChI is InChI=1S/C21H20FN7O5/c1-9-5-29-15-11(3-12-13(6-28-8-23-7-24-28)27-34-16(12)14(15)22)4-21(17(29)10(2)33-9)18(30)25-20(32)26-19(21)31/h3,7-10,17H,4-6H2,1-2H3,(H2,25,26,30,31,32)/t9-,10+,17-/m1/s1. The van der Waals surface area contributed by atoms with Gasteiger partial charge in [-0.2, -0.15) is 5.10 Å². The van der Waals surface area contributed by atoms with Crippen LogP contribution in [0, 0.1) is 11.2 Å². The third-order valence-electron chi connectivity index (χ3n) is 6.82. The van der Waals surface area contributed by atoms with Gasteiger partial charge in [0.15, 0.2) is 11.2 Å². The molecule has 2 fully saturated rings. The number of amides is 4. The van der Waals surface area contributed by atoms with Crippen LogP contribution >= 0.6 is 0 Å². The summed E-state index contributed by atoms with van der Waals surface area (Å²) in [6, 6.07) is -0.0312. The van der Waals surface area contributed by atoms with Gasteiger partial charge in [0.1, 0.15) is 18.3 Å². The highest BCUT2D eigenvalue weighted by molar-refractivity contribution is 6.20. The van der Waals surface area contributed by atoms with E-state index in [1.165, 1.54) is 17.3 Å². The highest BCUT2D eigenvalue weighted by Crippen LogP contribution is 2.49. The number of halogens is 1. The molecule has 3 aliphatic heterocycles. The monoisotopic (exact) mass is 469 g/mol. The number of ether oxygens (including phenoxy) is 1. The van der Waals surface area contributed by atoms with Crippen molar-refractivity contribution in [3.63, 3.8) is 0 Å². The molecule has 0 saturated carbocycles. The van der Waals surface area contributed by atoms with Crippen LogP contribution in [-0.4, -0.2) is 62.6 Å². The zero-order valence-corrected chi connectivity index (χ0v) is 18.2. The third-order valence-corrected chi connectivity index (χ3v) is 6.82. The second kappa shape index (κ2) is 7.06. The lowest BCUT2D eigenvalue weighted by atomic mass is 9.66. The number of nitrogens with one attached hydrogen (secondary N) is 2. The molecule has 4 amide bonds. The van der Waals surface area contributed by atoms with Crippen LogP contribution in [0.5, 0.6) is 0 Å². The summed E-state index contributed by atoms with van der Waals surface area (Å²) in [6.07, 6.45) is 1.85. The number of aromatic nitrogens is 4. The molecule has 3 atom stereocenters. The number of barbiturate groups is 1. The predicted octanol–water partition coefficient (Wildman–Crippen LogP) is 0.497. The fourth-order valence-corrected chi connectivity index (χ4v) is 5.58. The van der Waals surface area contributed by atoms with Crippen LogP contribution in [0.25, 0.3) is 11.0 Å². The maximum Gasteiger partial charge on any atom is 0.328 e. The number of hydrogen-bond acceptors (Lipinski definition) is 9. The van der Waals surface area contributed by atoms with Gasteiger partial charge in [-0.1, -0.05) is 5.16 Å². The fraction of sp³-hybridized carbons (Fsp3) is 0.429. The summed E-state index contributed by atoms with van der Waals surface area (Å²) < 4.78 is 28.8. The number of imide groups is 2. The Kier molecular flexibility index (Phi) is 4.30. The predicted molar refractivity (Wildman–Crippen MR) is 112 cm³/mol. The lowest BCUT2D eigenvalue weighted by Crippen LogP contribution is -2.75. The SMILES string of the molecule is C[C@@H]1CN2c3c(cc4c(Cn5cncn5)noc4c3F)CC3(C(=O)NC(=O)NC3=O)[C@H]2[C@H](C)O1. The van der Waals surface area contributed by atoms with E-state index in [0.29, 0.717) is 16.6 Å². The van der Waals surface area contributed by atoms with Gasteiger partial charge in [0, 0.05) is 13.0 Å². The number of carbonyl (C=O) groups is 3. The molecule has 3 aliphatic rings. The molecule has 2 saturated heterocycles. The van der Waals surface area contributed by atoms with Crippen LogP contribution in [0.2, 0.25) is 0 Å². The van der Waals surface area contributed by atoms with Crippen LogP contribution in [0.4, 0.5) is 14.9 Å². The van der Waals surface area contributed by atoms with E-state index in [1.54, 1.807) is 17.9 Å². The minimum absolute atomic E-state index is 0.0249. The zero-order valence-electron chi connectivity index (χ0n) is 18.2. The molecule has 34 heavy (non-hydrogen) atoms. The maximum absolute atomic E-state index is 16.0. The molecule has 0 unspecified atom stereocenters. The van der Waals surface area contributed by atoms with Gasteiger partial charge in [-0.3, -0.25) is 20.2 Å². The molecule has 3 aromatic rings. The Balaban J connectivity index is 1.56. The summed E-state index contributed by atoms with van der Waals surface area (Å²) in [5.41, 5.74) is -0.613. The molecule has 0 bridgehead atoms. The summed E-state index contributed by atoms with van der Waals surface area (Å²) in [4.78, 5) is 43.9. The summed E-state index contributed by atoms with van der Waals surface area (Å²) in [7, 11) is 0. The van der Waals surface area contributed by atoms with Crippen molar-refractivity contribution in [2.45, 2.75) is 45.1 Å².